The second kappa shape index (κ2) is 5.54. The number of alkyl halides is 3. The Kier molecular flexibility index (Phi) is 3.99. The largest absolute Gasteiger partial charge is 0.573 e. The quantitative estimate of drug-likeness (QED) is 0.847. The third kappa shape index (κ3) is 3.99. The summed E-state index contributed by atoms with van der Waals surface area (Å²) in [6, 6.07) is 6.01. The number of benzene rings is 1. The van der Waals surface area contributed by atoms with Crippen LogP contribution in [-0.4, -0.2) is 11.3 Å². The predicted molar refractivity (Wildman–Crippen MR) is 65.6 cm³/mol. The first-order valence-corrected chi connectivity index (χ1v) is 5.65. The van der Waals surface area contributed by atoms with Crippen molar-refractivity contribution in [1.82, 2.24) is 4.98 Å². The monoisotopic (exact) mass is 306 g/mol. The van der Waals surface area contributed by atoms with Gasteiger partial charge in [-0.15, -0.1) is 13.2 Å². The lowest BCUT2D eigenvalue weighted by Crippen LogP contribution is -2.17. The molecule has 0 fully saturated rings. The summed E-state index contributed by atoms with van der Waals surface area (Å²) in [5.74, 6) is -1.30. The molecule has 0 saturated carbocycles. The molecule has 0 saturated heterocycles. The van der Waals surface area contributed by atoms with Crippen LogP contribution < -0.4 is 10.1 Å². The molecule has 2 rings (SSSR count). The minimum absolute atomic E-state index is 0.113. The van der Waals surface area contributed by atoms with Gasteiger partial charge in [0.2, 0.25) is 0 Å². The molecule has 0 unspecified atom stereocenters. The summed E-state index contributed by atoms with van der Waals surface area (Å²) >= 11 is 5.54. The van der Waals surface area contributed by atoms with E-state index in [1.54, 1.807) is 0 Å². The van der Waals surface area contributed by atoms with E-state index < -0.39 is 17.9 Å². The standard InChI is InChI=1S/C12H7ClF4N2O/c13-7-4-10(14)11(18-6-7)19-8-2-1-3-9(5-8)20-12(15,16)17/h1-6H,(H,18,19). The lowest BCUT2D eigenvalue weighted by atomic mass is 10.3. The molecule has 106 valence electrons. The van der Waals surface area contributed by atoms with Gasteiger partial charge in [-0.3, -0.25) is 0 Å². The van der Waals surface area contributed by atoms with Crippen molar-refractivity contribution in [3.05, 3.63) is 47.4 Å². The Labute approximate surface area is 116 Å². The first-order chi connectivity index (χ1) is 9.33. The van der Waals surface area contributed by atoms with E-state index >= 15 is 0 Å². The smallest absolute Gasteiger partial charge is 0.406 e. The van der Waals surface area contributed by atoms with Crippen molar-refractivity contribution >= 4 is 23.1 Å². The zero-order chi connectivity index (χ0) is 14.8. The summed E-state index contributed by atoms with van der Waals surface area (Å²) in [6.45, 7) is 0. The SMILES string of the molecule is Fc1cc(Cl)cnc1Nc1cccc(OC(F)(F)F)c1. The van der Waals surface area contributed by atoms with Gasteiger partial charge < -0.3 is 10.1 Å². The van der Waals surface area contributed by atoms with Crippen LogP contribution in [0.4, 0.5) is 29.1 Å². The first kappa shape index (κ1) is 14.4. The highest BCUT2D eigenvalue weighted by Crippen LogP contribution is 2.27. The van der Waals surface area contributed by atoms with Crippen molar-refractivity contribution in [3.63, 3.8) is 0 Å². The fraction of sp³-hybridized carbons (Fsp3) is 0.0833. The summed E-state index contributed by atoms with van der Waals surface area (Å²) < 4.78 is 53.5. The van der Waals surface area contributed by atoms with Gasteiger partial charge in [0, 0.05) is 18.0 Å². The third-order valence-corrected chi connectivity index (χ3v) is 2.34. The summed E-state index contributed by atoms with van der Waals surface area (Å²) in [5, 5.41) is 2.65. The predicted octanol–water partition coefficient (Wildman–Crippen LogP) is 4.52. The molecule has 8 heteroatoms. The number of aromatic nitrogens is 1. The van der Waals surface area contributed by atoms with Crippen LogP contribution in [0.2, 0.25) is 5.02 Å². The number of pyridine rings is 1. The van der Waals surface area contributed by atoms with Crippen molar-refractivity contribution in [2.75, 3.05) is 5.32 Å². The molecule has 0 radical (unpaired) electrons. The Hall–Kier alpha value is -2.02. The molecule has 0 atom stereocenters. The molecule has 0 bridgehead atoms. The zero-order valence-corrected chi connectivity index (χ0v) is 10.5. The topological polar surface area (TPSA) is 34.2 Å². The summed E-state index contributed by atoms with van der Waals surface area (Å²) in [4.78, 5) is 3.70. The second-order valence-corrected chi connectivity index (χ2v) is 4.12. The van der Waals surface area contributed by atoms with Crippen LogP contribution in [-0.2, 0) is 0 Å². The molecule has 1 aromatic heterocycles. The van der Waals surface area contributed by atoms with E-state index in [1.165, 1.54) is 18.3 Å². The van der Waals surface area contributed by atoms with Crippen LogP contribution in [0.1, 0.15) is 0 Å². The molecule has 0 aliphatic rings. The van der Waals surface area contributed by atoms with Gasteiger partial charge in [0.05, 0.1) is 5.02 Å². The van der Waals surface area contributed by atoms with Crippen molar-refractivity contribution in [2.24, 2.45) is 0 Å². The lowest BCUT2D eigenvalue weighted by Gasteiger charge is -2.11. The summed E-state index contributed by atoms with van der Waals surface area (Å²) in [6.07, 6.45) is -3.58. The second-order valence-electron chi connectivity index (χ2n) is 3.68. The number of nitrogens with one attached hydrogen (secondary N) is 1. The summed E-state index contributed by atoms with van der Waals surface area (Å²) in [5.41, 5.74) is 0.195. The maximum Gasteiger partial charge on any atom is 0.573 e. The number of rotatable bonds is 3. The van der Waals surface area contributed by atoms with Gasteiger partial charge in [-0.2, -0.15) is 0 Å². The Morgan fingerprint density at radius 1 is 1.20 bits per heavy atom. The fourth-order valence-electron chi connectivity index (χ4n) is 1.41. The van der Waals surface area contributed by atoms with Crippen LogP contribution in [0.3, 0.4) is 0 Å². The van der Waals surface area contributed by atoms with E-state index in [0.717, 1.165) is 18.2 Å². The molecular formula is C12H7ClF4N2O. The minimum atomic E-state index is -4.79. The molecule has 0 aliphatic carbocycles. The number of anilines is 2. The highest BCUT2D eigenvalue weighted by atomic mass is 35.5. The molecule has 1 aromatic carbocycles. The maximum atomic E-state index is 13.5. The van der Waals surface area contributed by atoms with E-state index in [1.807, 2.05) is 0 Å². The van der Waals surface area contributed by atoms with E-state index in [2.05, 4.69) is 15.0 Å². The van der Waals surface area contributed by atoms with Crippen LogP contribution in [0.15, 0.2) is 36.5 Å². The van der Waals surface area contributed by atoms with Gasteiger partial charge in [-0.25, -0.2) is 9.37 Å². The molecule has 2 aromatic rings. The van der Waals surface area contributed by atoms with Crippen molar-refractivity contribution in [2.45, 2.75) is 6.36 Å². The number of hydrogen-bond acceptors (Lipinski definition) is 3. The summed E-state index contributed by atoms with van der Waals surface area (Å²) in [7, 11) is 0. The van der Waals surface area contributed by atoms with Gasteiger partial charge in [0.1, 0.15) is 5.75 Å². The molecule has 0 spiro atoms. The van der Waals surface area contributed by atoms with Crippen LogP contribution in [0.5, 0.6) is 5.75 Å². The number of hydrogen-bond donors (Lipinski definition) is 1. The molecule has 1 N–H and O–H groups in total. The van der Waals surface area contributed by atoms with Crippen molar-refractivity contribution in [1.29, 1.82) is 0 Å². The average molecular weight is 307 g/mol. The molecule has 20 heavy (non-hydrogen) atoms. The van der Waals surface area contributed by atoms with Crippen LogP contribution >= 0.6 is 11.6 Å². The lowest BCUT2D eigenvalue weighted by molar-refractivity contribution is -0.274. The minimum Gasteiger partial charge on any atom is -0.406 e. The van der Waals surface area contributed by atoms with E-state index in [0.29, 0.717) is 0 Å². The van der Waals surface area contributed by atoms with Crippen molar-refractivity contribution < 1.29 is 22.3 Å². The van der Waals surface area contributed by atoms with E-state index in [4.69, 9.17) is 11.6 Å². The molecule has 1 heterocycles. The Balaban J connectivity index is 2.19. The molecular weight excluding hydrogens is 300 g/mol. The van der Waals surface area contributed by atoms with Gasteiger partial charge in [0.15, 0.2) is 11.6 Å². The van der Waals surface area contributed by atoms with Gasteiger partial charge >= 0.3 is 6.36 Å². The highest BCUT2D eigenvalue weighted by molar-refractivity contribution is 6.30. The van der Waals surface area contributed by atoms with Crippen LogP contribution in [0.25, 0.3) is 0 Å². The first-order valence-electron chi connectivity index (χ1n) is 5.27. The Morgan fingerprint density at radius 2 is 1.95 bits per heavy atom. The molecule has 0 amide bonds. The average Bonchev–Trinajstić information content (AvgIpc) is 2.31. The van der Waals surface area contributed by atoms with Crippen molar-refractivity contribution in [3.8, 4) is 5.75 Å². The Morgan fingerprint density at radius 3 is 2.60 bits per heavy atom. The number of nitrogens with zero attached hydrogens (tertiary/aromatic N) is 1. The van der Waals surface area contributed by atoms with E-state index in [9.17, 15) is 17.6 Å². The number of halogens is 5. The third-order valence-electron chi connectivity index (χ3n) is 2.14. The maximum absolute atomic E-state index is 13.5. The number of ether oxygens (including phenoxy) is 1. The van der Waals surface area contributed by atoms with Crippen LogP contribution in [0, 0.1) is 5.82 Å². The molecule has 3 nitrogen and oxygen atoms in total. The highest BCUT2D eigenvalue weighted by Gasteiger charge is 2.31. The normalized spacial score (nSPS) is 11.2. The van der Waals surface area contributed by atoms with Gasteiger partial charge in [-0.05, 0) is 18.2 Å². The zero-order valence-electron chi connectivity index (χ0n) is 9.71. The fourth-order valence-corrected chi connectivity index (χ4v) is 1.56. The van der Waals surface area contributed by atoms with E-state index in [-0.39, 0.29) is 16.5 Å². The Bertz CT molecular complexity index is 619. The van der Waals surface area contributed by atoms with Gasteiger partial charge in [0.25, 0.3) is 0 Å². The van der Waals surface area contributed by atoms with Gasteiger partial charge in [-0.1, -0.05) is 17.7 Å². The molecule has 0 aliphatic heterocycles.